The first-order valence-corrected chi connectivity index (χ1v) is 6.01. The lowest BCUT2D eigenvalue weighted by Crippen LogP contribution is -2.34. The zero-order chi connectivity index (χ0) is 13.8. The average Bonchev–Trinajstić information content (AvgIpc) is 2.30. The molecule has 0 bridgehead atoms. The molecule has 0 saturated carbocycles. The minimum atomic E-state index is -0.313. The number of hydrogen-bond donors (Lipinski definition) is 2. The lowest BCUT2D eigenvalue weighted by molar-refractivity contribution is 0.0928. The third-order valence-corrected chi connectivity index (χ3v) is 2.94. The van der Waals surface area contributed by atoms with Crippen molar-refractivity contribution in [3.63, 3.8) is 0 Å². The lowest BCUT2D eigenvalue weighted by Gasteiger charge is -2.23. The Labute approximate surface area is 107 Å². The van der Waals surface area contributed by atoms with E-state index in [0.717, 1.165) is 0 Å². The first-order valence-electron chi connectivity index (χ1n) is 6.01. The van der Waals surface area contributed by atoms with Crippen LogP contribution in [0, 0.1) is 18.2 Å². The van der Waals surface area contributed by atoms with Crippen LogP contribution in [0.5, 0.6) is 0 Å². The third-order valence-electron chi connectivity index (χ3n) is 2.94. The summed E-state index contributed by atoms with van der Waals surface area (Å²) in [6.07, 6.45) is 0.621. The minimum absolute atomic E-state index is 0.0958. The van der Waals surface area contributed by atoms with Gasteiger partial charge in [-0.25, -0.2) is 4.39 Å². The van der Waals surface area contributed by atoms with E-state index in [2.05, 4.69) is 5.32 Å². The van der Waals surface area contributed by atoms with E-state index in [1.54, 1.807) is 6.92 Å². The number of carbonyl (C=O) groups excluding carboxylic acids is 1. The molecule has 0 fully saturated rings. The molecule has 0 saturated heterocycles. The normalized spacial score (nSPS) is 11.4. The van der Waals surface area contributed by atoms with Crippen LogP contribution in [0.15, 0.2) is 18.2 Å². The maximum Gasteiger partial charge on any atom is 0.251 e. The summed E-state index contributed by atoms with van der Waals surface area (Å²) < 4.78 is 13.1. The highest BCUT2D eigenvalue weighted by Crippen LogP contribution is 2.18. The quantitative estimate of drug-likeness (QED) is 0.845. The van der Waals surface area contributed by atoms with Crippen molar-refractivity contribution in [2.24, 2.45) is 5.41 Å². The van der Waals surface area contributed by atoms with Gasteiger partial charge in [0, 0.05) is 18.7 Å². The summed E-state index contributed by atoms with van der Waals surface area (Å²) in [6.45, 7) is 6.14. The van der Waals surface area contributed by atoms with Crippen LogP contribution in [0.4, 0.5) is 4.39 Å². The number of carbonyl (C=O) groups is 1. The highest BCUT2D eigenvalue weighted by molar-refractivity contribution is 5.94. The van der Waals surface area contributed by atoms with Gasteiger partial charge in [-0.05, 0) is 42.5 Å². The predicted molar refractivity (Wildman–Crippen MR) is 69.0 cm³/mol. The number of aliphatic hydroxyl groups is 1. The van der Waals surface area contributed by atoms with Crippen molar-refractivity contribution in [2.45, 2.75) is 27.2 Å². The summed E-state index contributed by atoms with van der Waals surface area (Å²) >= 11 is 0. The SMILES string of the molecule is Cc1cc(C(=O)NCC(C)(C)CCO)ccc1F. The van der Waals surface area contributed by atoms with E-state index in [4.69, 9.17) is 5.11 Å². The van der Waals surface area contributed by atoms with E-state index >= 15 is 0 Å². The van der Waals surface area contributed by atoms with Crippen LogP contribution in [-0.2, 0) is 0 Å². The summed E-state index contributed by atoms with van der Waals surface area (Å²) in [5.41, 5.74) is 0.755. The number of rotatable bonds is 5. The topological polar surface area (TPSA) is 49.3 Å². The fourth-order valence-corrected chi connectivity index (χ4v) is 1.60. The van der Waals surface area contributed by atoms with Crippen LogP contribution in [0.2, 0.25) is 0 Å². The molecule has 0 unspecified atom stereocenters. The standard InChI is InChI=1S/C14H20FNO2/c1-10-8-11(4-5-12(10)15)13(18)16-9-14(2,3)6-7-17/h4-5,8,17H,6-7,9H2,1-3H3,(H,16,18). The maximum atomic E-state index is 13.1. The van der Waals surface area contributed by atoms with Gasteiger partial charge in [0.15, 0.2) is 0 Å². The average molecular weight is 253 g/mol. The molecule has 0 aliphatic heterocycles. The van der Waals surface area contributed by atoms with Gasteiger partial charge < -0.3 is 10.4 Å². The van der Waals surface area contributed by atoms with E-state index in [1.165, 1.54) is 18.2 Å². The summed E-state index contributed by atoms with van der Waals surface area (Å²) in [5, 5.41) is 11.7. The Morgan fingerprint density at radius 1 is 1.44 bits per heavy atom. The van der Waals surface area contributed by atoms with Gasteiger partial charge in [0.25, 0.3) is 5.91 Å². The largest absolute Gasteiger partial charge is 0.396 e. The molecular formula is C14H20FNO2. The molecule has 2 N–H and O–H groups in total. The van der Waals surface area contributed by atoms with E-state index in [0.29, 0.717) is 24.1 Å². The molecule has 0 aromatic heterocycles. The first kappa shape index (κ1) is 14.6. The lowest BCUT2D eigenvalue weighted by atomic mass is 9.89. The van der Waals surface area contributed by atoms with Crippen molar-refractivity contribution in [1.29, 1.82) is 0 Å². The van der Waals surface area contributed by atoms with Gasteiger partial charge in [0.2, 0.25) is 0 Å². The van der Waals surface area contributed by atoms with E-state index < -0.39 is 0 Å². The van der Waals surface area contributed by atoms with Crippen molar-refractivity contribution in [3.05, 3.63) is 35.1 Å². The van der Waals surface area contributed by atoms with Crippen LogP contribution >= 0.6 is 0 Å². The molecule has 4 heteroatoms. The predicted octanol–water partition coefficient (Wildman–Crippen LogP) is 2.27. The highest BCUT2D eigenvalue weighted by atomic mass is 19.1. The van der Waals surface area contributed by atoms with Crippen molar-refractivity contribution in [2.75, 3.05) is 13.2 Å². The summed E-state index contributed by atoms with van der Waals surface area (Å²) in [5.74, 6) is -0.531. The monoisotopic (exact) mass is 253 g/mol. The van der Waals surface area contributed by atoms with Gasteiger partial charge in [-0.3, -0.25) is 4.79 Å². The summed E-state index contributed by atoms with van der Waals surface area (Å²) in [4.78, 5) is 11.9. The van der Waals surface area contributed by atoms with Crippen LogP contribution in [0.3, 0.4) is 0 Å². The third kappa shape index (κ3) is 4.11. The Hall–Kier alpha value is -1.42. The van der Waals surface area contributed by atoms with Gasteiger partial charge in [-0.2, -0.15) is 0 Å². The molecule has 0 spiro atoms. The Morgan fingerprint density at radius 2 is 2.11 bits per heavy atom. The van der Waals surface area contributed by atoms with E-state index in [-0.39, 0.29) is 23.7 Å². The van der Waals surface area contributed by atoms with Crippen molar-refractivity contribution < 1.29 is 14.3 Å². The molecule has 1 rings (SSSR count). The number of aryl methyl sites for hydroxylation is 1. The van der Waals surface area contributed by atoms with Crippen molar-refractivity contribution >= 4 is 5.91 Å². The number of aliphatic hydroxyl groups excluding tert-OH is 1. The fraction of sp³-hybridized carbons (Fsp3) is 0.500. The number of halogens is 1. The van der Waals surface area contributed by atoms with Gasteiger partial charge in [-0.1, -0.05) is 13.8 Å². The number of amides is 1. The molecule has 0 aliphatic rings. The maximum absolute atomic E-state index is 13.1. The Balaban J connectivity index is 2.63. The van der Waals surface area contributed by atoms with Gasteiger partial charge >= 0.3 is 0 Å². The highest BCUT2D eigenvalue weighted by Gasteiger charge is 2.18. The van der Waals surface area contributed by atoms with Crippen LogP contribution < -0.4 is 5.32 Å². The smallest absolute Gasteiger partial charge is 0.251 e. The molecule has 1 amide bonds. The molecule has 0 atom stereocenters. The second-order valence-electron chi connectivity index (χ2n) is 5.28. The van der Waals surface area contributed by atoms with E-state index in [9.17, 15) is 9.18 Å². The molecule has 1 aromatic rings. The van der Waals surface area contributed by atoms with Crippen LogP contribution in [-0.4, -0.2) is 24.2 Å². The zero-order valence-corrected chi connectivity index (χ0v) is 11.1. The molecule has 100 valence electrons. The molecule has 1 aromatic carbocycles. The van der Waals surface area contributed by atoms with Crippen LogP contribution in [0.1, 0.15) is 36.2 Å². The molecule has 0 radical (unpaired) electrons. The Bertz CT molecular complexity index is 430. The second-order valence-corrected chi connectivity index (χ2v) is 5.28. The summed E-state index contributed by atoms with van der Waals surface area (Å²) in [6, 6.07) is 4.30. The Kier molecular flexibility index (Phi) is 4.84. The minimum Gasteiger partial charge on any atom is -0.396 e. The van der Waals surface area contributed by atoms with Gasteiger partial charge in [0.05, 0.1) is 0 Å². The number of hydrogen-bond acceptors (Lipinski definition) is 2. The molecule has 0 aliphatic carbocycles. The molecule has 0 heterocycles. The first-order chi connectivity index (χ1) is 8.35. The van der Waals surface area contributed by atoms with E-state index in [1.807, 2.05) is 13.8 Å². The summed E-state index contributed by atoms with van der Waals surface area (Å²) in [7, 11) is 0. The molecular weight excluding hydrogens is 233 g/mol. The van der Waals surface area contributed by atoms with Crippen LogP contribution in [0.25, 0.3) is 0 Å². The number of benzene rings is 1. The molecule has 18 heavy (non-hydrogen) atoms. The zero-order valence-electron chi connectivity index (χ0n) is 11.1. The Morgan fingerprint density at radius 3 is 2.67 bits per heavy atom. The van der Waals surface area contributed by atoms with Gasteiger partial charge in [0.1, 0.15) is 5.82 Å². The van der Waals surface area contributed by atoms with Gasteiger partial charge in [-0.15, -0.1) is 0 Å². The second kappa shape index (κ2) is 5.96. The molecule has 3 nitrogen and oxygen atoms in total. The number of nitrogens with one attached hydrogen (secondary N) is 1. The van der Waals surface area contributed by atoms with Crippen molar-refractivity contribution in [1.82, 2.24) is 5.32 Å². The fourth-order valence-electron chi connectivity index (χ4n) is 1.60. The van der Waals surface area contributed by atoms with Crippen molar-refractivity contribution in [3.8, 4) is 0 Å².